The van der Waals surface area contributed by atoms with E-state index in [0.29, 0.717) is 12.8 Å². The second kappa shape index (κ2) is 3.12. The average molecular weight is 197 g/mol. The molecule has 1 amide bonds. The maximum absolute atomic E-state index is 13.1. The van der Waals surface area contributed by atoms with Gasteiger partial charge in [0, 0.05) is 18.9 Å². The summed E-state index contributed by atoms with van der Waals surface area (Å²) in [5, 5.41) is 2.70. The van der Waals surface area contributed by atoms with Crippen molar-refractivity contribution >= 4 is 5.91 Å². The molecule has 14 heavy (non-hydrogen) atoms. The number of nitrogens with one attached hydrogen (secondary N) is 1. The van der Waals surface area contributed by atoms with Gasteiger partial charge in [-0.2, -0.15) is 0 Å². The van der Waals surface area contributed by atoms with Gasteiger partial charge in [0.1, 0.15) is 5.67 Å². The minimum atomic E-state index is -1.11. The second-order valence-electron chi connectivity index (χ2n) is 3.97. The van der Waals surface area contributed by atoms with Gasteiger partial charge < -0.3 is 9.73 Å². The molecule has 2 rings (SSSR count). The Balaban J connectivity index is 1.86. The van der Waals surface area contributed by atoms with Gasteiger partial charge >= 0.3 is 0 Å². The lowest BCUT2D eigenvalue weighted by Gasteiger charge is -2.38. The molecular formula is C10H12FNO2. The third-order valence-electron chi connectivity index (χ3n) is 2.42. The van der Waals surface area contributed by atoms with Crippen LogP contribution in [0.25, 0.3) is 0 Å². The second-order valence-corrected chi connectivity index (χ2v) is 3.97. The predicted octanol–water partition coefficient (Wildman–Crippen LogP) is 1.90. The highest BCUT2D eigenvalue weighted by atomic mass is 19.1. The van der Waals surface area contributed by atoms with E-state index in [9.17, 15) is 9.18 Å². The standard InChI is InChI=1S/C10H12FNO2/c1-10(11)5-7(6-10)12-9(13)8-3-2-4-14-8/h2-4,7H,5-6H2,1H3,(H,12,13). The van der Waals surface area contributed by atoms with Crippen molar-refractivity contribution in [3.63, 3.8) is 0 Å². The van der Waals surface area contributed by atoms with Gasteiger partial charge in [0.25, 0.3) is 5.91 Å². The molecule has 0 radical (unpaired) electrons. The van der Waals surface area contributed by atoms with Gasteiger partial charge in [-0.1, -0.05) is 0 Å². The van der Waals surface area contributed by atoms with E-state index in [0.717, 1.165) is 0 Å². The van der Waals surface area contributed by atoms with Gasteiger partial charge in [-0.05, 0) is 19.1 Å². The van der Waals surface area contributed by atoms with Gasteiger partial charge in [-0.15, -0.1) is 0 Å². The molecule has 76 valence electrons. The number of alkyl halides is 1. The highest BCUT2D eigenvalue weighted by molar-refractivity contribution is 5.91. The van der Waals surface area contributed by atoms with Crippen LogP contribution in [0.3, 0.4) is 0 Å². The Bertz CT molecular complexity index is 324. The highest BCUT2D eigenvalue weighted by Gasteiger charge is 2.41. The predicted molar refractivity (Wildman–Crippen MR) is 48.7 cm³/mol. The molecular weight excluding hydrogens is 185 g/mol. The number of amides is 1. The summed E-state index contributed by atoms with van der Waals surface area (Å²) in [5.41, 5.74) is -1.11. The Morgan fingerprint density at radius 2 is 2.43 bits per heavy atom. The lowest BCUT2D eigenvalue weighted by molar-refractivity contribution is 0.0436. The van der Waals surface area contributed by atoms with Crippen molar-refractivity contribution in [2.45, 2.75) is 31.5 Å². The summed E-state index contributed by atoms with van der Waals surface area (Å²) in [6, 6.07) is 3.18. The zero-order chi connectivity index (χ0) is 10.2. The zero-order valence-electron chi connectivity index (χ0n) is 7.92. The summed E-state index contributed by atoms with van der Waals surface area (Å²) in [6.07, 6.45) is 2.22. The van der Waals surface area contributed by atoms with E-state index in [1.54, 1.807) is 19.1 Å². The normalized spacial score (nSPS) is 30.9. The molecule has 1 aliphatic carbocycles. The average Bonchev–Trinajstić information content (AvgIpc) is 2.51. The Morgan fingerprint density at radius 1 is 1.71 bits per heavy atom. The van der Waals surface area contributed by atoms with E-state index < -0.39 is 5.67 Å². The maximum atomic E-state index is 13.1. The van der Waals surface area contributed by atoms with Gasteiger partial charge in [0.2, 0.25) is 0 Å². The third kappa shape index (κ3) is 1.78. The molecule has 0 saturated heterocycles. The summed E-state index contributed by atoms with van der Waals surface area (Å²) in [6.45, 7) is 1.54. The molecule has 1 aromatic rings. The van der Waals surface area contributed by atoms with Crippen molar-refractivity contribution in [3.8, 4) is 0 Å². The molecule has 1 aliphatic rings. The Kier molecular flexibility index (Phi) is 2.06. The molecule has 0 spiro atoms. The molecule has 0 aromatic carbocycles. The molecule has 1 saturated carbocycles. The van der Waals surface area contributed by atoms with Crippen LogP contribution in [0, 0.1) is 0 Å². The zero-order valence-corrected chi connectivity index (χ0v) is 7.92. The van der Waals surface area contributed by atoms with Crippen molar-refractivity contribution < 1.29 is 13.6 Å². The van der Waals surface area contributed by atoms with Crippen LogP contribution in [0.5, 0.6) is 0 Å². The number of rotatable bonds is 2. The van der Waals surface area contributed by atoms with E-state index in [1.165, 1.54) is 6.26 Å². The number of carbonyl (C=O) groups excluding carboxylic acids is 1. The van der Waals surface area contributed by atoms with Crippen LogP contribution in [0.1, 0.15) is 30.3 Å². The molecule has 1 N–H and O–H groups in total. The number of hydrogen-bond acceptors (Lipinski definition) is 2. The summed E-state index contributed by atoms with van der Waals surface area (Å²) in [5.74, 6) is 0.00737. The highest BCUT2D eigenvalue weighted by Crippen LogP contribution is 2.35. The van der Waals surface area contributed by atoms with Crippen LogP contribution in [0.2, 0.25) is 0 Å². The van der Waals surface area contributed by atoms with Gasteiger partial charge in [-0.3, -0.25) is 4.79 Å². The van der Waals surface area contributed by atoms with Crippen LogP contribution < -0.4 is 5.32 Å². The molecule has 1 heterocycles. The Morgan fingerprint density at radius 3 is 2.93 bits per heavy atom. The van der Waals surface area contributed by atoms with Crippen LogP contribution in [0.15, 0.2) is 22.8 Å². The van der Waals surface area contributed by atoms with Gasteiger partial charge in [-0.25, -0.2) is 4.39 Å². The third-order valence-corrected chi connectivity index (χ3v) is 2.42. The van der Waals surface area contributed by atoms with E-state index >= 15 is 0 Å². The fraction of sp³-hybridized carbons (Fsp3) is 0.500. The van der Waals surface area contributed by atoms with Crippen molar-refractivity contribution in [2.24, 2.45) is 0 Å². The topological polar surface area (TPSA) is 42.2 Å². The number of furan rings is 1. The van der Waals surface area contributed by atoms with Crippen molar-refractivity contribution in [1.82, 2.24) is 5.32 Å². The molecule has 0 bridgehead atoms. The van der Waals surface area contributed by atoms with Crippen LogP contribution in [-0.2, 0) is 0 Å². The van der Waals surface area contributed by atoms with E-state index in [4.69, 9.17) is 4.42 Å². The lowest BCUT2D eigenvalue weighted by Crippen LogP contribution is -2.51. The van der Waals surface area contributed by atoms with Gasteiger partial charge in [0.15, 0.2) is 5.76 Å². The molecule has 1 fully saturated rings. The number of carbonyl (C=O) groups is 1. The largest absolute Gasteiger partial charge is 0.459 e. The van der Waals surface area contributed by atoms with Crippen molar-refractivity contribution in [2.75, 3.05) is 0 Å². The Labute approximate surface area is 81.3 Å². The fourth-order valence-electron chi connectivity index (χ4n) is 1.73. The lowest BCUT2D eigenvalue weighted by atomic mass is 9.79. The first kappa shape index (κ1) is 9.24. The number of halogens is 1. The molecule has 4 heteroatoms. The Hall–Kier alpha value is -1.32. The minimum Gasteiger partial charge on any atom is -0.459 e. The van der Waals surface area contributed by atoms with E-state index in [-0.39, 0.29) is 17.7 Å². The summed E-state index contributed by atoms with van der Waals surface area (Å²) >= 11 is 0. The van der Waals surface area contributed by atoms with Crippen LogP contribution in [0.4, 0.5) is 4.39 Å². The monoisotopic (exact) mass is 197 g/mol. The molecule has 0 unspecified atom stereocenters. The van der Waals surface area contributed by atoms with Crippen LogP contribution in [-0.4, -0.2) is 17.6 Å². The molecule has 3 nitrogen and oxygen atoms in total. The first-order valence-electron chi connectivity index (χ1n) is 4.60. The quantitative estimate of drug-likeness (QED) is 0.786. The summed E-state index contributed by atoms with van der Waals surface area (Å²) in [7, 11) is 0. The molecule has 0 atom stereocenters. The van der Waals surface area contributed by atoms with Crippen molar-refractivity contribution in [1.29, 1.82) is 0 Å². The molecule has 0 aliphatic heterocycles. The van der Waals surface area contributed by atoms with E-state index in [1.807, 2.05) is 0 Å². The summed E-state index contributed by atoms with van der Waals surface area (Å²) in [4.78, 5) is 11.4. The van der Waals surface area contributed by atoms with E-state index in [2.05, 4.69) is 5.32 Å². The summed E-state index contributed by atoms with van der Waals surface area (Å²) < 4.78 is 18.0. The van der Waals surface area contributed by atoms with Crippen molar-refractivity contribution in [3.05, 3.63) is 24.2 Å². The fourth-order valence-corrected chi connectivity index (χ4v) is 1.73. The maximum Gasteiger partial charge on any atom is 0.287 e. The minimum absolute atomic E-state index is 0.0531. The smallest absolute Gasteiger partial charge is 0.287 e. The first-order valence-corrected chi connectivity index (χ1v) is 4.60. The first-order chi connectivity index (χ1) is 6.57. The number of hydrogen-bond donors (Lipinski definition) is 1. The van der Waals surface area contributed by atoms with Gasteiger partial charge in [0.05, 0.1) is 6.26 Å². The van der Waals surface area contributed by atoms with Crippen LogP contribution >= 0.6 is 0 Å². The molecule has 1 aromatic heterocycles. The SMILES string of the molecule is CC1(F)CC(NC(=O)c2ccco2)C1.